The molecule has 1 aromatic heterocycles. The molecule has 1 aliphatic rings. The number of nitrogens with zero attached hydrogens (tertiary/aromatic N) is 2. The van der Waals surface area contributed by atoms with Crippen LogP contribution >= 0.6 is 0 Å². The van der Waals surface area contributed by atoms with E-state index in [2.05, 4.69) is 17.3 Å². The molecule has 0 spiro atoms. The molecule has 0 aliphatic carbocycles. The van der Waals surface area contributed by atoms with Crippen LogP contribution in [0.2, 0.25) is 0 Å². The number of nitrogens with one attached hydrogen (secondary N) is 1. The molecule has 4 rings (SSSR count). The van der Waals surface area contributed by atoms with Crippen molar-refractivity contribution in [2.45, 2.75) is 32.7 Å². The summed E-state index contributed by atoms with van der Waals surface area (Å²) in [7, 11) is 0. The molecule has 0 saturated heterocycles. The lowest BCUT2D eigenvalue weighted by atomic mass is 10.1. The fourth-order valence-corrected chi connectivity index (χ4v) is 3.23. The first-order valence-corrected chi connectivity index (χ1v) is 9.38. The fourth-order valence-electron chi connectivity index (χ4n) is 3.23. The zero-order chi connectivity index (χ0) is 19.5. The Morgan fingerprint density at radius 3 is 2.71 bits per heavy atom. The summed E-state index contributed by atoms with van der Waals surface area (Å²) < 4.78 is 12.0. The largest absolute Gasteiger partial charge is 0.454 e. The van der Waals surface area contributed by atoms with E-state index in [9.17, 15) is 9.59 Å². The van der Waals surface area contributed by atoms with Crippen molar-refractivity contribution in [2.24, 2.45) is 0 Å². The lowest BCUT2D eigenvalue weighted by molar-refractivity contribution is 0.102. The highest BCUT2D eigenvalue weighted by Crippen LogP contribution is 2.34. The molecule has 1 aliphatic heterocycles. The van der Waals surface area contributed by atoms with Gasteiger partial charge in [0.2, 0.25) is 6.79 Å². The molecule has 1 amide bonds. The van der Waals surface area contributed by atoms with Crippen LogP contribution in [0.3, 0.4) is 0 Å². The van der Waals surface area contributed by atoms with Gasteiger partial charge in [-0.3, -0.25) is 9.59 Å². The van der Waals surface area contributed by atoms with E-state index < -0.39 is 0 Å². The number of unbranched alkanes of at least 4 members (excludes halogenated alkanes) is 2. The van der Waals surface area contributed by atoms with E-state index in [1.54, 1.807) is 42.5 Å². The summed E-state index contributed by atoms with van der Waals surface area (Å²) in [4.78, 5) is 25.7. The van der Waals surface area contributed by atoms with Crippen molar-refractivity contribution in [3.63, 3.8) is 0 Å². The molecular formula is C21H21N3O4. The van der Waals surface area contributed by atoms with Gasteiger partial charge in [-0.1, -0.05) is 38.0 Å². The van der Waals surface area contributed by atoms with Gasteiger partial charge < -0.3 is 14.8 Å². The van der Waals surface area contributed by atoms with E-state index >= 15 is 0 Å². The van der Waals surface area contributed by atoms with Gasteiger partial charge in [0.15, 0.2) is 17.2 Å². The van der Waals surface area contributed by atoms with E-state index in [1.165, 1.54) is 4.68 Å². The number of benzene rings is 2. The minimum atomic E-state index is -0.376. The predicted octanol–water partition coefficient (Wildman–Crippen LogP) is 3.57. The van der Waals surface area contributed by atoms with Gasteiger partial charge >= 0.3 is 0 Å². The SMILES string of the molecule is CCCCCn1nc(C(=O)Nc2ccc3c(c2)OCO3)c2ccccc2c1=O. The Morgan fingerprint density at radius 1 is 1.11 bits per heavy atom. The monoisotopic (exact) mass is 379 g/mol. The van der Waals surface area contributed by atoms with Crippen molar-refractivity contribution in [1.82, 2.24) is 9.78 Å². The smallest absolute Gasteiger partial charge is 0.276 e. The molecule has 0 radical (unpaired) electrons. The Hall–Kier alpha value is -3.35. The average molecular weight is 379 g/mol. The van der Waals surface area contributed by atoms with Crippen molar-refractivity contribution < 1.29 is 14.3 Å². The third-order valence-electron chi connectivity index (χ3n) is 4.69. The minimum Gasteiger partial charge on any atom is -0.454 e. The summed E-state index contributed by atoms with van der Waals surface area (Å²) in [6, 6.07) is 12.3. The molecule has 1 N–H and O–H groups in total. The minimum absolute atomic E-state index is 0.168. The highest BCUT2D eigenvalue weighted by molar-refractivity contribution is 6.11. The van der Waals surface area contributed by atoms with Gasteiger partial charge in [0, 0.05) is 23.7 Å². The first-order valence-electron chi connectivity index (χ1n) is 9.38. The molecule has 144 valence electrons. The third kappa shape index (κ3) is 3.43. The number of aromatic nitrogens is 2. The molecule has 2 aromatic carbocycles. The van der Waals surface area contributed by atoms with Crippen molar-refractivity contribution in [1.29, 1.82) is 0 Å². The Balaban J connectivity index is 1.69. The normalized spacial score (nSPS) is 12.3. The Morgan fingerprint density at radius 2 is 1.89 bits per heavy atom. The number of amides is 1. The Labute approximate surface area is 161 Å². The maximum Gasteiger partial charge on any atom is 0.276 e. The zero-order valence-electron chi connectivity index (χ0n) is 15.6. The zero-order valence-corrected chi connectivity index (χ0v) is 15.6. The second-order valence-corrected chi connectivity index (χ2v) is 6.65. The maximum atomic E-state index is 13.0. The molecular weight excluding hydrogens is 358 g/mol. The molecule has 28 heavy (non-hydrogen) atoms. The maximum absolute atomic E-state index is 13.0. The van der Waals surface area contributed by atoms with Crippen molar-refractivity contribution in [3.8, 4) is 11.5 Å². The standard InChI is InChI=1S/C21H21N3O4/c1-2-3-6-11-24-21(26)16-8-5-4-7-15(16)19(23-24)20(25)22-14-9-10-17-18(12-14)28-13-27-17/h4-5,7-10,12H,2-3,6,11,13H2,1H3,(H,22,25). The third-order valence-corrected chi connectivity index (χ3v) is 4.69. The molecule has 7 nitrogen and oxygen atoms in total. The molecule has 0 bridgehead atoms. The average Bonchev–Trinajstić information content (AvgIpc) is 3.18. The van der Waals surface area contributed by atoms with Crippen molar-refractivity contribution in [2.75, 3.05) is 12.1 Å². The van der Waals surface area contributed by atoms with Crippen LogP contribution in [-0.2, 0) is 6.54 Å². The van der Waals surface area contributed by atoms with E-state index in [-0.39, 0.29) is 24.0 Å². The number of ether oxygens (including phenoxy) is 2. The van der Waals surface area contributed by atoms with Gasteiger partial charge in [-0.25, -0.2) is 4.68 Å². The molecule has 0 atom stereocenters. The molecule has 2 heterocycles. The summed E-state index contributed by atoms with van der Waals surface area (Å²) in [6.45, 7) is 2.75. The van der Waals surface area contributed by atoms with Crippen molar-refractivity contribution >= 4 is 22.4 Å². The van der Waals surface area contributed by atoms with Crippen LogP contribution < -0.4 is 20.3 Å². The van der Waals surface area contributed by atoms with Gasteiger partial charge in [-0.15, -0.1) is 0 Å². The lowest BCUT2D eigenvalue weighted by Crippen LogP contribution is -2.27. The number of carbonyl (C=O) groups is 1. The first-order chi connectivity index (χ1) is 13.7. The second-order valence-electron chi connectivity index (χ2n) is 6.65. The summed E-state index contributed by atoms with van der Waals surface area (Å²) in [6.07, 6.45) is 2.88. The van der Waals surface area contributed by atoms with Gasteiger partial charge in [-0.05, 0) is 24.6 Å². The Bertz CT molecular complexity index is 1090. The summed E-state index contributed by atoms with van der Waals surface area (Å²) >= 11 is 0. The number of anilines is 1. The molecule has 7 heteroatoms. The molecule has 3 aromatic rings. The topological polar surface area (TPSA) is 82.5 Å². The van der Waals surface area contributed by atoms with E-state index in [0.717, 1.165) is 19.3 Å². The highest BCUT2D eigenvalue weighted by Gasteiger charge is 2.19. The number of aryl methyl sites for hydroxylation is 1. The quantitative estimate of drug-likeness (QED) is 0.662. The van der Waals surface area contributed by atoms with E-state index in [1.807, 2.05) is 0 Å². The number of rotatable bonds is 6. The lowest BCUT2D eigenvalue weighted by Gasteiger charge is -2.11. The number of fused-ring (bicyclic) bond motifs is 2. The van der Waals surface area contributed by atoms with Crippen LogP contribution in [0, 0.1) is 0 Å². The summed E-state index contributed by atoms with van der Waals surface area (Å²) in [5.41, 5.74) is 0.625. The van der Waals surface area contributed by atoms with Crippen LogP contribution in [0.15, 0.2) is 47.3 Å². The van der Waals surface area contributed by atoms with Gasteiger partial charge in [0.05, 0.1) is 5.39 Å². The second kappa shape index (κ2) is 7.72. The van der Waals surface area contributed by atoms with Gasteiger partial charge in [0.25, 0.3) is 11.5 Å². The van der Waals surface area contributed by atoms with Gasteiger partial charge in [-0.2, -0.15) is 5.10 Å². The Kier molecular flexibility index (Phi) is 4.97. The molecule has 0 fully saturated rings. The highest BCUT2D eigenvalue weighted by atomic mass is 16.7. The summed E-state index contributed by atoms with van der Waals surface area (Å²) in [5, 5.41) is 8.25. The first kappa shape index (κ1) is 18.0. The number of carbonyl (C=O) groups excluding carboxylic acids is 1. The van der Waals surface area contributed by atoms with Crippen LogP contribution in [0.1, 0.15) is 36.7 Å². The fraction of sp³-hybridized carbons (Fsp3) is 0.286. The number of hydrogen-bond donors (Lipinski definition) is 1. The number of hydrogen-bond acceptors (Lipinski definition) is 5. The summed E-state index contributed by atoms with van der Waals surface area (Å²) in [5.74, 6) is 0.852. The predicted molar refractivity (Wildman–Crippen MR) is 106 cm³/mol. The van der Waals surface area contributed by atoms with Crippen LogP contribution in [0.4, 0.5) is 5.69 Å². The molecule has 0 saturated carbocycles. The van der Waals surface area contributed by atoms with E-state index in [0.29, 0.717) is 34.5 Å². The molecule has 0 unspecified atom stereocenters. The van der Waals surface area contributed by atoms with Crippen LogP contribution in [-0.4, -0.2) is 22.5 Å². The van der Waals surface area contributed by atoms with Gasteiger partial charge in [0.1, 0.15) is 0 Å². The van der Waals surface area contributed by atoms with Crippen LogP contribution in [0.5, 0.6) is 11.5 Å². The van der Waals surface area contributed by atoms with Crippen molar-refractivity contribution in [3.05, 3.63) is 58.5 Å². The van der Waals surface area contributed by atoms with E-state index in [4.69, 9.17) is 9.47 Å². The van der Waals surface area contributed by atoms with Crippen LogP contribution in [0.25, 0.3) is 10.8 Å².